The van der Waals surface area contributed by atoms with Gasteiger partial charge in [0.15, 0.2) is 5.60 Å². The molecule has 156 valence electrons. The summed E-state index contributed by atoms with van der Waals surface area (Å²) in [7, 11) is 0. The zero-order valence-electron chi connectivity index (χ0n) is 17.0. The minimum atomic E-state index is -1.34. The highest BCUT2D eigenvalue weighted by Crippen LogP contribution is 2.47. The molecule has 4 rings (SSSR count). The van der Waals surface area contributed by atoms with Crippen LogP contribution >= 0.6 is 0 Å². The van der Waals surface area contributed by atoms with Crippen LogP contribution in [0, 0.1) is 10.1 Å². The fraction of sp³-hybridized carbons (Fsp3) is 0.167. The van der Waals surface area contributed by atoms with Crippen LogP contribution in [-0.4, -0.2) is 22.2 Å². The molecule has 1 aliphatic heterocycles. The normalized spacial score (nSPS) is 19.2. The fourth-order valence-corrected chi connectivity index (χ4v) is 3.73. The first-order valence-corrected chi connectivity index (χ1v) is 9.70. The fourth-order valence-electron chi connectivity index (χ4n) is 3.73. The maximum atomic E-state index is 13.2. The first-order valence-electron chi connectivity index (χ1n) is 9.70. The maximum absolute atomic E-state index is 13.2. The van der Waals surface area contributed by atoms with Crippen LogP contribution in [0.4, 0.5) is 5.69 Å². The summed E-state index contributed by atoms with van der Waals surface area (Å²) >= 11 is 0. The predicted molar refractivity (Wildman–Crippen MR) is 115 cm³/mol. The Kier molecular flexibility index (Phi) is 5.02. The van der Waals surface area contributed by atoms with Gasteiger partial charge in [0.2, 0.25) is 5.60 Å². The largest absolute Gasteiger partial charge is 0.439 e. The van der Waals surface area contributed by atoms with Gasteiger partial charge >= 0.3 is 5.97 Å². The van der Waals surface area contributed by atoms with Crippen molar-refractivity contribution in [3.8, 4) is 0 Å². The summed E-state index contributed by atoms with van der Waals surface area (Å²) in [6.45, 7) is 3.62. The number of non-ortho nitro benzene ring substituents is 1. The number of hydrogen-bond donors (Lipinski definition) is 0. The molecule has 3 aromatic carbocycles. The topological polar surface area (TPSA) is 91.0 Å². The Labute approximate surface area is 179 Å². The number of rotatable bonds is 5. The van der Waals surface area contributed by atoms with Crippen LogP contribution < -0.4 is 0 Å². The minimum Gasteiger partial charge on any atom is -0.439 e. The first-order chi connectivity index (χ1) is 14.8. The molecule has 0 aliphatic carbocycles. The van der Waals surface area contributed by atoms with E-state index in [2.05, 4.69) is 5.16 Å². The molecule has 7 nitrogen and oxygen atoms in total. The van der Waals surface area contributed by atoms with E-state index >= 15 is 0 Å². The third kappa shape index (κ3) is 3.44. The van der Waals surface area contributed by atoms with E-state index in [9.17, 15) is 14.9 Å². The molecule has 0 unspecified atom stereocenters. The van der Waals surface area contributed by atoms with Crippen LogP contribution in [0.25, 0.3) is 0 Å². The standard InChI is InChI=1S/C24H20N2O5/c1-23(2)24(19-11-7-4-8-12-19,21(25-31-23)17-9-5-3-6-10-17)30-22(27)18-13-15-20(16-14-18)26(28)29/h3-16H,1-2H3/t24-/m1/s1. The van der Waals surface area contributed by atoms with E-state index in [0.29, 0.717) is 11.3 Å². The summed E-state index contributed by atoms with van der Waals surface area (Å²) in [5, 5.41) is 15.3. The van der Waals surface area contributed by atoms with E-state index in [-0.39, 0.29) is 11.3 Å². The molecule has 0 fully saturated rings. The number of carbonyl (C=O) groups is 1. The van der Waals surface area contributed by atoms with E-state index in [1.165, 1.54) is 24.3 Å². The highest BCUT2D eigenvalue weighted by atomic mass is 16.7. The lowest BCUT2D eigenvalue weighted by atomic mass is 9.74. The van der Waals surface area contributed by atoms with Gasteiger partial charge in [0.25, 0.3) is 5.69 Å². The molecule has 0 aromatic heterocycles. The number of oxime groups is 1. The van der Waals surface area contributed by atoms with E-state index in [4.69, 9.17) is 9.57 Å². The molecular formula is C24H20N2O5. The quantitative estimate of drug-likeness (QED) is 0.336. The van der Waals surface area contributed by atoms with Crippen LogP contribution in [-0.2, 0) is 15.2 Å². The molecule has 0 bridgehead atoms. The number of ether oxygens (including phenoxy) is 1. The van der Waals surface area contributed by atoms with Gasteiger partial charge in [-0.15, -0.1) is 0 Å². The molecule has 0 saturated carbocycles. The van der Waals surface area contributed by atoms with Crippen LogP contribution in [0.1, 0.15) is 35.3 Å². The van der Waals surface area contributed by atoms with Crippen molar-refractivity contribution in [3.05, 3.63) is 112 Å². The van der Waals surface area contributed by atoms with Crippen molar-refractivity contribution in [1.29, 1.82) is 0 Å². The molecule has 0 amide bonds. The second kappa shape index (κ2) is 7.68. The molecule has 1 heterocycles. The molecule has 1 aliphatic rings. The van der Waals surface area contributed by atoms with Gasteiger partial charge in [0, 0.05) is 23.3 Å². The SMILES string of the molecule is CC1(C)ON=C(c2ccccc2)[C@]1(OC(=O)c1ccc([N+](=O)[O-])cc1)c1ccccc1. The first kappa shape index (κ1) is 20.3. The van der Waals surface area contributed by atoms with Crippen molar-refractivity contribution in [3.63, 3.8) is 0 Å². The number of carbonyl (C=O) groups excluding carboxylic acids is 1. The Morgan fingerprint density at radius 2 is 1.52 bits per heavy atom. The Balaban J connectivity index is 1.83. The van der Waals surface area contributed by atoms with Crippen molar-refractivity contribution < 1.29 is 19.3 Å². The second-order valence-electron chi connectivity index (χ2n) is 7.65. The summed E-state index contributed by atoms with van der Waals surface area (Å²) in [6.07, 6.45) is 0. The van der Waals surface area contributed by atoms with Crippen molar-refractivity contribution in [2.24, 2.45) is 5.16 Å². The van der Waals surface area contributed by atoms with Gasteiger partial charge in [0.05, 0.1) is 10.5 Å². The lowest BCUT2D eigenvalue weighted by molar-refractivity contribution is -0.384. The number of nitrogens with zero attached hydrogens (tertiary/aromatic N) is 2. The summed E-state index contributed by atoms with van der Waals surface area (Å²) in [5.41, 5.74) is -0.338. The van der Waals surface area contributed by atoms with Gasteiger partial charge < -0.3 is 9.57 Å². The molecule has 3 aromatic rings. The van der Waals surface area contributed by atoms with E-state index < -0.39 is 22.1 Å². The molecule has 1 atom stereocenters. The number of nitro benzene ring substituents is 1. The molecule has 0 N–H and O–H groups in total. The molecule has 0 radical (unpaired) electrons. The molecule has 7 heteroatoms. The Bertz CT molecular complexity index is 1140. The van der Waals surface area contributed by atoms with Crippen LogP contribution in [0.15, 0.2) is 90.1 Å². The monoisotopic (exact) mass is 416 g/mol. The number of esters is 1. The lowest BCUT2D eigenvalue weighted by Crippen LogP contribution is -2.53. The van der Waals surface area contributed by atoms with Crippen LogP contribution in [0.5, 0.6) is 0 Å². The van der Waals surface area contributed by atoms with Crippen molar-refractivity contribution in [1.82, 2.24) is 0 Å². The summed E-state index contributed by atoms with van der Waals surface area (Å²) in [5.74, 6) is -0.638. The highest BCUT2D eigenvalue weighted by Gasteiger charge is 2.61. The van der Waals surface area contributed by atoms with Gasteiger partial charge in [0.1, 0.15) is 5.71 Å². The van der Waals surface area contributed by atoms with Gasteiger partial charge in [-0.1, -0.05) is 65.8 Å². The molecule has 31 heavy (non-hydrogen) atoms. The molecule has 0 saturated heterocycles. The lowest BCUT2D eigenvalue weighted by Gasteiger charge is -2.39. The Morgan fingerprint density at radius 1 is 0.935 bits per heavy atom. The summed E-state index contributed by atoms with van der Waals surface area (Å²) in [6, 6.07) is 24.0. The van der Waals surface area contributed by atoms with E-state index in [1.807, 2.05) is 74.5 Å². The van der Waals surface area contributed by atoms with Crippen molar-refractivity contribution in [2.45, 2.75) is 25.0 Å². The van der Waals surface area contributed by atoms with Gasteiger partial charge in [-0.25, -0.2) is 4.79 Å². The smallest absolute Gasteiger partial charge is 0.339 e. The zero-order chi connectivity index (χ0) is 22.1. The average Bonchev–Trinajstić information content (AvgIpc) is 3.06. The summed E-state index contributed by atoms with van der Waals surface area (Å²) in [4.78, 5) is 29.4. The third-order valence-corrected chi connectivity index (χ3v) is 5.33. The van der Waals surface area contributed by atoms with Crippen molar-refractivity contribution in [2.75, 3.05) is 0 Å². The minimum absolute atomic E-state index is 0.106. The average molecular weight is 416 g/mol. The molecule has 0 spiro atoms. The van der Waals surface area contributed by atoms with Gasteiger partial charge in [-0.2, -0.15) is 0 Å². The Hall–Kier alpha value is -4.00. The number of nitro groups is 1. The second-order valence-corrected chi connectivity index (χ2v) is 7.65. The number of benzene rings is 3. The van der Waals surface area contributed by atoms with Crippen LogP contribution in [0.3, 0.4) is 0 Å². The Morgan fingerprint density at radius 3 is 2.10 bits per heavy atom. The third-order valence-electron chi connectivity index (χ3n) is 5.33. The van der Waals surface area contributed by atoms with E-state index in [0.717, 1.165) is 5.56 Å². The predicted octanol–water partition coefficient (Wildman–Crippen LogP) is 4.86. The maximum Gasteiger partial charge on any atom is 0.339 e. The van der Waals surface area contributed by atoms with Gasteiger partial charge in [-0.05, 0) is 26.0 Å². The van der Waals surface area contributed by atoms with E-state index in [1.54, 1.807) is 0 Å². The summed E-state index contributed by atoms with van der Waals surface area (Å²) < 4.78 is 6.19. The number of hydrogen-bond acceptors (Lipinski definition) is 6. The zero-order valence-corrected chi connectivity index (χ0v) is 17.0. The molecular weight excluding hydrogens is 396 g/mol. The highest BCUT2D eigenvalue weighted by molar-refractivity contribution is 6.10. The van der Waals surface area contributed by atoms with Crippen LogP contribution in [0.2, 0.25) is 0 Å². The van der Waals surface area contributed by atoms with Gasteiger partial charge in [-0.3, -0.25) is 10.1 Å². The van der Waals surface area contributed by atoms with Crippen molar-refractivity contribution >= 4 is 17.4 Å².